The van der Waals surface area contributed by atoms with Crippen LogP contribution < -0.4 is 10.1 Å². The van der Waals surface area contributed by atoms with E-state index < -0.39 is 0 Å². The third kappa shape index (κ3) is 2.98. The number of hydrogen-bond acceptors (Lipinski definition) is 3. The Hall–Kier alpha value is -1.74. The van der Waals surface area contributed by atoms with Crippen LogP contribution in [0.4, 0.5) is 5.69 Å². The van der Waals surface area contributed by atoms with Crippen molar-refractivity contribution in [2.75, 3.05) is 11.9 Å². The lowest BCUT2D eigenvalue weighted by Crippen LogP contribution is -2.11. The monoisotopic (exact) mass is 302 g/mol. The molecule has 2 heterocycles. The van der Waals surface area contributed by atoms with E-state index in [1.165, 1.54) is 11.1 Å². The number of pyridine rings is 1. The van der Waals surface area contributed by atoms with Gasteiger partial charge in [-0.1, -0.05) is 29.8 Å². The molecule has 2 aromatic rings. The highest BCUT2D eigenvalue weighted by Gasteiger charge is 2.21. The van der Waals surface area contributed by atoms with Crippen molar-refractivity contribution in [2.24, 2.45) is 0 Å². The second-order valence-corrected chi connectivity index (χ2v) is 5.89. The summed E-state index contributed by atoms with van der Waals surface area (Å²) in [6.07, 6.45) is 3.81. The van der Waals surface area contributed by atoms with Gasteiger partial charge in [0.05, 0.1) is 18.3 Å². The summed E-state index contributed by atoms with van der Waals surface area (Å²) >= 11 is 6.21. The van der Waals surface area contributed by atoms with E-state index in [2.05, 4.69) is 35.4 Å². The van der Waals surface area contributed by atoms with E-state index in [1.54, 1.807) is 6.20 Å². The Bertz CT molecular complexity index is 657. The van der Waals surface area contributed by atoms with Crippen molar-refractivity contribution < 1.29 is 4.74 Å². The van der Waals surface area contributed by atoms with E-state index in [0.29, 0.717) is 5.15 Å². The number of rotatable bonds is 2. The Kier molecular flexibility index (Phi) is 4.02. The molecule has 0 saturated carbocycles. The van der Waals surface area contributed by atoms with Crippen LogP contribution in [-0.4, -0.2) is 11.6 Å². The Morgan fingerprint density at radius 3 is 3.05 bits per heavy atom. The zero-order valence-electron chi connectivity index (χ0n) is 12.3. The number of aryl methyl sites for hydroxylation is 2. The molecular weight excluding hydrogens is 284 g/mol. The van der Waals surface area contributed by atoms with Crippen LogP contribution in [0.2, 0.25) is 5.15 Å². The van der Waals surface area contributed by atoms with Crippen molar-refractivity contribution in [1.29, 1.82) is 0 Å². The number of fused-ring (bicyclic) bond motifs is 1. The van der Waals surface area contributed by atoms with Crippen LogP contribution in [-0.2, 0) is 0 Å². The van der Waals surface area contributed by atoms with Crippen LogP contribution in [0.1, 0.15) is 35.6 Å². The molecule has 1 aliphatic heterocycles. The number of anilines is 1. The highest BCUT2D eigenvalue weighted by molar-refractivity contribution is 6.32. The molecule has 110 valence electrons. The number of ether oxygens (including phenoxy) is 1. The minimum atomic E-state index is 0.198. The van der Waals surface area contributed by atoms with Crippen molar-refractivity contribution >= 4 is 17.3 Å². The van der Waals surface area contributed by atoms with Gasteiger partial charge < -0.3 is 10.1 Å². The molecule has 3 rings (SSSR count). The minimum Gasteiger partial charge on any atom is -0.493 e. The maximum Gasteiger partial charge on any atom is 0.152 e. The van der Waals surface area contributed by atoms with Gasteiger partial charge in [-0.05, 0) is 43.9 Å². The summed E-state index contributed by atoms with van der Waals surface area (Å²) in [6, 6.07) is 8.53. The van der Waals surface area contributed by atoms with Gasteiger partial charge in [-0.2, -0.15) is 0 Å². The maximum atomic E-state index is 6.21. The first-order valence-electron chi connectivity index (χ1n) is 7.26. The number of halogens is 1. The molecule has 21 heavy (non-hydrogen) atoms. The predicted octanol–water partition coefficient (Wildman–Crippen LogP) is 4.68. The van der Waals surface area contributed by atoms with E-state index in [1.807, 2.05) is 13.0 Å². The van der Waals surface area contributed by atoms with Crippen molar-refractivity contribution in [3.8, 4) is 5.75 Å². The quantitative estimate of drug-likeness (QED) is 0.818. The first kappa shape index (κ1) is 14.2. The summed E-state index contributed by atoms with van der Waals surface area (Å²) in [7, 11) is 0. The predicted molar refractivity (Wildman–Crippen MR) is 86.3 cm³/mol. The van der Waals surface area contributed by atoms with Gasteiger partial charge in [0.1, 0.15) is 5.75 Å². The molecule has 0 radical (unpaired) electrons. The van der Waals surface area contributed by atoms with Gasteiger partial charge in [-0.15, -0.1) is 0 Å². The van der Waals surface area contributed by atoms with Crippen molar-refractivity contribution in [3.05, 3.63) is 52.3 Å². The summed E-state index contributed by atoms with van der Waals surface area (Å²) in [5, 5.41) is 4.05. The van der Waals surface area contributed by atoms with Crippen LogP contribution in [0.15, 0.2) is 30.5 Å². The molecule has 0 bridgehead atoms. The summed E-state index contributed by atoms with van der Waals surface area (Å²) in [4.78, 5) is 4.21. The number of aromatic nitrogens is 1. The van der Waals surface area contributed by atoms with E-state index in [0.717, 1.165) is 36.4 Å². The number of hydrogen-bond donors (Lipinski definition) is 1. The van der Waals surface area contributed by atoms with E-state index in [9.17, 15) is 0 Å². The Morgan fingerprint density at radius 2 is 2.19 bits per heavy atom. The summed E-state index contributed by atoms with van der Waals surface area (Å²) in [6.45, 7) is 4.86. The molecule has 0 spiro atoms. The average Bonchev–Trinajstić information content (AvgIpc) is 2.67. The van der Waals surface area contributed by atoms with Gasteiger partial charge in [0.25, 0.3) is 0 Å². The highest BCUT2D eigenvalue weighted by atomic mass is 35.5. The van der Waals surface area contributed by atoms with E-state index in [-0.39, 0.29) is 6.04 Å². The van der Waals surface area contributed by atoms with Gasteiger partial charge in [-0.25, -0.2) is 4.98 Å². The molecule has 1 atom stereocenters. The van der Waals surface area contributed by atoms with Crippen LogP contribution in [0.3, 0.4) is 0 Å². The molecule has 0 amide bonds. The van der Waals surface area contributed by atoms with Crippen LogP contribution in [0, 0.1) is 13.8 Å². The lowest BCUT2D eigenvalue weighted by molar-refractivity contribution is 0.314. The van der Waals surface area contributed by atoms with Crippen LogP contribution >= 0.6 is 11.6 Å². The van der Waals surface area contributed by atoms with Gasteiger partial charge in [0, 0.05) is 11.8 Å². The summed E-state index contributed by atoms with van der Waals surface area (Å²) in [5.41, 5.74) is 4.35. The van der Waals surface area contributed by atoms with Gasteiger partial charge in [0.2, 0.25) is 0 Å². The molecule has 3 nitrogen and oxygen atoms in total. The third-order valence-electron chi connectivity index (χ3n) is 3.81. The zero-order valence-corrected chi connectivity index (χ0v) is 13.1. The largest absolute Gasteiger partial charge is 0.493 e. The normalized spacial score (nSPS) is 17.6. The standard InChI is InChI=1S/C17H19ClN2O/c1-11-9-15(17(18)19-10-11)20-14-7-4-8-21-16-12(2)5-3-6-13(14)16/h3,5-6,9-10,14,20H,4,7-8H2,1-2H3. The smallest absolute Gasteiger partial charge is 0.152 e. The van der Waals surface area contributed by atoms with Crippen LogP contribution in [0.25, 0.3) is 0 Å². The highest BCUT2D eigenvalue weighted by Crippen LogP contribution is 2.37. The Balaban J connectivity index is 1.96. The van der Waals surface area contributed by atoms with Crippen molar-refractivity contribution in [1.82, 2.24) is 4.98 Å². The van der Waals surface area contributed by atoms with Gasteiger partial charge in [0.15, 0.2) is 5.15 Å². The number of para-hydroxylation sites is 1. The maximum absolute atomic E-state index is 6.21. The number of nitrogens with zero attached hydrogens (tertiary/aromatic N) is 1. The van der Waals surface area contributed by atoms with Crippen LogP contribution in [0.5, 0.6) is 5.75 Å². The lowest BCUT2D eigenvalue weighted by atomic mass is 9.99. The second-order valence-electron chi connectivity index (χ2n) is 5.53. The SMILES string of the molecule is Cc1cnc(Cl)c(NC2CCCOc3c(C)cccc32)c1. The molecule has 1 aliphatic rings. The van der Waals surface area contributed by atoms with E-state index in [4.69, 9.17) is 16.3 Å². The summed E-state index contributed by atoms with van der Waals surface area (Å²) in [5.74, 6) is 1.00. The summed E-state index contributed by atoms with van der Waals surface area (Å²) < 4.78 is 5.91. The molecular formula is C17H19ClN2O. The van der Waals surface area contributed by atoms with E-state index >= 15 is 0 Å². The Morgan fingerprint density at radius 1 is 1.33 bits per heavy atom. The molecule has 0 aliphatic carbocycles. The van der Waals surface area contributed by atoms with Crippen molar-refractivity contribution in [2.45, 2.75) is 32.7 Å². The van der Waals surface area contributed by atoms with Gasteiger partial charge >= 0.3 is 0 Å². The fourth-order valence-corrected chi connectivity index (χ4v) is 2.91. The molecule has 0 saturated heterocycles. The molecule has 0 fully saturated rings. The van der Waals surface area contributed by atoms with Crippen molar-refractivity contribution in [3.63, 3.8) is 0 Å². The molecule has 1 N–H and O–H groups in total. The number of nitrogens with one attached hydrogen (secondary N) is 1. The lowest BCUT2D eigenvalue weighted by Gasteiger charge is -2.21. The fourth-order valence-electron chi connectivity index (χ4n) is 2.76. The molecule has 1 aromatic carbocycles. The molecule has 1 unspecified atom stereocenters. The fraction of sp³-hybridized carbons (Fsp3) is 0.353. The average molecular weight is 303 g/mol. The number of benzene rings is 1. The zero-order chi connectivity index (χ0) is 14.8. The Labute approximate surface area is 130 Å². The third-order valence-corrected chi connectivity index (χ3v) is 4.11. The topological polar surface area (TPSA) is 34.2 Å². The first-order valence-corrected chi connectivity index (χ1v) is 7.64. The van der Waals surface area contributed by atoms with Gasteiger partial charge in [-0.3, -0.25) is 0 Å². The first-order chi connectivity index (χ1) is 10.1. The minimum absolute atomic E-state index is 0.198. The molecule has 4 heteroatoms. The molecule has 1 aromatic heterocycles. The second kappa shape index (κ2) is 5.94.